The zero-order valence-electron chi connectivity index (χ0n) is 14.9. The Morgan fingerprint density at radius 2 is 1.93 bits per heavy atom. The first-order chi connectivity index (χ1) is 12.6. The van der Waals surface area contributed by atoms with Crippen molar-refractivity contribution in [2.45, 2.75) is 61.0 Å². The maximum atomic E-state index is 12.5. The van der Waals surface area contributed by atoms with Gasteiger partial charge in [-0.3, -0.25) is 19.4 Å². The molecule has 3 atom stereocenters. The monoisotopic (exact) mass is 443 g/mol. The van der Waals surface area contributed by atoms with Gasteiger partial charge in [0.1, 0.15) is 24.8 Å². The molecule has 1 saturated heterocycles. The number of alkyl halides is 3. The highest BCUT2D eigenvalue weighted by Gasteiger charge is 2.35. The number of nitrogens with one attached hydrogen (secondary N) is 2. The van der Waals surface area contributed by atoms with E-state index in [2.05, 4.69) is 10.7 Å². The molecule has 11 heteroatoms. The quantitative estimate of drug-likeness (QED) is 0.418. The molecular weight excluding hydrogens is 421 g/mol. The maximum Gasteiger partial charge on any atom is 0.325 e. The molecule has 2 amide bonds. The second kappa shape index (κ2) is 9.60. The molecule has 27 heavy (non-hydrogen) atoms. The third-order valence-electron chi connectivity index (χ3n) is 4.71. The number of halogens is 3. The van der Waals surface area contributed by atoms with Gasteiger partial charge in [-0.1, -0.05) is 41.2 Å². The highest BCUT2D eigenvalue weighted by Crippen LogP contribution is 2.29. The van der Waals surface area contributed by atoms with Gasteiger partial charge in [0.2, 0.25) is 9.70 Å². The van der Waals surface area contributed by atoms with Gasteiger partial charge in [0.05, 0.1) is 0 Å². The summed E-state index contributed by atoms with van der Waals surface area (Å²) in [4.78, 5) is 36.7. The number of hydrogen-bond acceptors (Lipinski definition) is 6. The van der Waals surface area contributed by atoms with Crippen LogP contribution in [0.2, 0.25) is 0 Å². The van der Waals surface area contributed by atoms with E-state index in [9.17, 15) is 19.5 Å². The van der Waals surface area contributed by atoms with E-state index in [0.29, 0.717) is 19.4 Å². The minimum absolute atomic E-state index is 0.0440. The lowest BCUT2D eigenvalue weighted by molar-refractivity contribution is -0.153. The molecule has 2 fully saturated rings. The van der Waals surface area contributed by atoms with E-state index in [-0.39, 0.29) is 5.92 Å². The average molecular weight is 445 g/mol. The lowest BCUT2D eigenvalue weighted by Gasteiger charge is -2.35. The minimum atomic E-state index is -1.71. The van der Waals surface area contributed by atoms with Crippen LogP contribution in [0.1, 0.15) is 39.0 Å². The molecule has 2 rings (SSSR count). The van der Waals surface area contributed by atoms with E-state index in [4.69, 9.17) is 39.5 Å². The normalized spacial score (nSPS) is 23.1. The number of esters is 1. The maximum absolute atomic E-state index is 12.5. The molecule has 8 nitrogen and oxygen atoms in total. The fourth-order valence-corrected chi connectivity index (χ4v) is 3.10. The fraction of sp³-hybridized carbons (Fsp3) is 0.812. The number of rotatable bonds is 6. The first kappa shape index (κ1) is 22.5. The Bertz CT molecular complexity index is 568. The van der Waals surface area contributed by atoms with E-state index in [0.717, 1.165) is 19.3 Å². The molecule has 0 radical (unpaired) electrons. The number of nitrogens with zero attached hydrogens (tertiary/aromatic N) is 1. The van der Waals surface area contributed by atoms with Gasteiger partial charge >= 0.3 is 5.97 Å². The van der Waals surface area contributed by atoms with E-state index < -0.39 is 46.4 Å². The van der Waals surface area contributed by atoms with Crippen LogP contribution < -0.4 is 10.7 Å². The average Bonchev–Trinajstić information content (AvgIpc) is 2.56. The second-order valence-electron chi connectivity index (χ2n) is 6.90. The number of aliphatic hydroxyl groups excluding tert-OH is 1. The molecule has 1 saturated carbocycles. The predicted molar refractivity (Wildman–Crippen MR) is 100 cm³/mol. The molecule has 0 bridgehead atoms. The molecule has 0 aromatic heterocycles. The van der Waals surface area contributed by atoms with Gasteiger partial charge in [0, 0.05) is 6.54 Å². The Morgan fingerprint density at radius 1 is 1.26 bits per heavy atom. The molecule has 1 aliphatic carbocycles. The van der Waals surface area contributed by atoms with Crippen molar-refractivity contribution >= 4 is 52.6 Å². The van der Waals surface area contributed by atoms with E-state index in [1.165, 1.54) is 11.9 Å². The van der Waals surface area contributed by atoms with Gasteiger partial charge in [0.25, 0.3) is 5.91 Å². The van der Waals surface area contributed by atoms with Gasteiger partial charge in [-0.15, -0.1) is 0 Å². The van der Waals surface area contributed by atoms with Crippen LogP contribution in [0.5, 0.6) is 0 Å². The Hall–Kier alpha value is -0.800. The number of ether oxygens (including phenoxy) is 1. The molecule has 0 aromatic rings. The summed E-state index contributed by atoms with van der Waals surface area (Å²) in [6.45, 7) is 1.51. The summed E-state index contributed by atoms with van der Waals surface area (Å²) >= 11 is 16.7. The van der Waals surface area contributed by atoms with Gasteiger partial charge in [-0.05, 0) is 38.5 Å². The third-order valence-corrected chi connectivity index (χ3v) is 5.04. The molecular formula is C16H24Cl3N3O5. The number of amides is 2. The van der Waals surface area contributed by atoms with Crippen molar-refractivity contribution in [3.05, 3.63) is 0 Å². The van der Waals surface area contributed by atoms with Crippen LogP contribution in [0.3, 0.4) is 0 Å². The SMILES string of the molecule is C[C@H](NC(=O)C(O)C1CCC1)C(=O)N1CCC[C@@H](C(=O)OCC(Cl)(Cl)Cl)N1. The van der Waals surface area contributed by atoms with Crippen LogP contribution in [-0.2, 0) is 19.1 Å². The first-order valence-electron chi connectivity index (χ1n) is 8.88. The Labute approximate surface area is 172 Å². The van der Waals surface area contributed by atoms with Gasteiger partial charge < -0.3 is 15.2 Å². The molecule has 0 spiro atoms. The standard InChI is InChI=1S/C16H24Cl3N3O5/c1-9(20-13(24)12(23)10-4-2-5-10)14(25)22-7-3-6-11(21-22)15(26)27-8-16(17,18)19/h9-12,21,23H,2-8H2,1H3,(H,20,24)/t9-,11-,12?/m0/s1. The highest BCUT2D eigenvalue weighted by molar-refractivity contribution is 6.67. The number of hydrogen-bond donors (Lipinski definition) is 3. The van der Waals surface area contributed by atoms with Crippen LogP contribution >= 0.6 is 34.8 Å². The summed E-state index contributed by atoms with van der Waals surface area (Å²) in [6, 6.07) is -1.60. The molecule has 0 aromatic carbocycles. The Kier molecular flexibility index (Phi) is 8.00. The van der Waals surface area contributed by atoms with Crippen molar-refractivity contribution in [3.8, 4) is 0 Å². The van der Waals surface area contributed by atoms with E-state index in [1.807, 2.05) is 0 Å². The van der Waals surface area contributed by atoms with Crippen LogP contribution in [0.15, 0.2) is 0 Å². The highest BCUT2D eigenvalue weighted by atomic mass is 35.6. The van der Waals surface area contributed by atoms with Crippen LogP contribution in [-0.4, -0.2) is 63.0 Å². The van der Waals surface area contributed by atoms with Gasteiger partial charge in [0.15, 0.2) is 0 Å². The summed E-state index contributed by atoms with van der Waals surface area (Å²) in [5, 5.41) is 13.8. The zero-order valence-corrected chi connectivity index (χ0v) is 17.2. The summed E-state index contributed by atoms with van der Waals surface area (Å²) < 4.78 is 3.23. The number of aliphatic hydroxyl groups is 1. The largest absolute Gasteiger partial charge is 0.460 e. The van der Waals surface area contributed by atoms with Gasteiger partial charge in [-0.25, -0.2) is 5.43 Å². The van der Waals surface area contributed by atoms with Crippen LogP contribution in [0.4, 0.5) is 0 Å². The molecule has 154 valence electrons. The third kappa shape index (κ3) is 6.64. The Balaban J connectivity index is 1.83. The second-order valence-corrected chi connectivity index (χ2v) is 9.42. The van der Waals surface area contributed by atoms with Crippen LogP contribution in [0, 0.1) is 5.92 Å². The van der Waals surface area contributed by atoms with Crippen molar-refractivity contribution in [1.29, 1.82) is 0 Å². The molecule has 3 N–H and O–H groups in total. The first-order valence-corrected chi connectivity index (χ1v) is 10.0. The number of carbonyl (C=O) groups is 3. The lowest BCUT2D eigenvalue weighted by atomic mass is 9.81. The summed E-state index contributed by atoms with van der Waals surface area (Å²) in [6.07, 6.45) is 2.54. The van der Waals surface area contributed by atoms with Gasteiger partial charge in [-0.2, -0.15) is 0 Å². The fourth-order valence-electron chi connectivity index (χ4n) is 2.93. The Morgan fingerprint density at radius 3 is 2.48 bits per heavy atom. The van der Waals surface area contributed by atoms with Crippen molar-refractivity contribution in [1.82, 2.24) is 15.8 Å². The summed E-state index contributed by atoms with van der Waals surface area (Å²) in [5.74, 6) is -1.65. The molecule has 1 unspecified atom stereocenters. The summed E-state index contributed by atoms with van der Waals surface area (Å²) in [5.41, 5.74) is 2.78. The van der Waals surface area contributed by atoms with E-state index >= 15 is 0 Å². The smallest absolute Gasteiger partial charge is 0.325 e. The lowest BCUT2D eigenvalue weighted by Crippen LogP contribution is -2.60. The topological polar surface area (TPSA) is 108 Å². The summed E-state index contributed by atoms with van der Waals surface area (Å²) in [7, 11) is 0. The number of hydrazine groups is 1. The van der Waals surface area contributed by atoms with Crippen LogP contribution in [0.25, 0.3) is 0 Å². The minimum Gasteiger partial charge on any atom is -0.460 e. The zero-order chi connectivity index (χ0) is 20.2. The van der Waals surface area contributed by atoms with Crippen molar-refractivity contribution in [2.75, 3.05) is 13.2 Å². The predicted octanol–water partition coefficient (Wildman–Crippen LogP) is 1.06. The number of carbonyl (C=O) groups excluding carboxylic acids is 3. The molecule has 1 aliphatic heterocycles. The molecule has 1 heterocycles. The van der Waals surface area contributed by atoms with Crippen molar-refractivity contribution < 1.29 is 24.2 Å². The van der Waals surface area contributed by atoms with Crippen molar-refractivity contribution in [2.24, 2.45) is 5.92 Å². The molecule has 2 aliphatic rings. The van der Waals surface area contributed by atoms with Crippen molar-refractivity contribution in [3.63, 3.8) is 0 Å². The van der Waals surface area contributed by atoms with E-state index in [1.54, 1.807) is 0 Å².